The van der Waals surface area contributed by atoms with Crippen LogP contribution in [0.2, 0.25) is 0 Å². The molecular formula is C13H12FN3O3S. The first-order valence-electron chi connectivity index (χ1n) is 5.99. The maximum absolute atomic E-state index is 13.3. The number of carbonyl (C=O) groups excluding carboxylic acids is 1. The van der Waals surface area contributed by atoms with Crippen molar-refractivity contribution >= 4 is 22.9 Å². The van der Waals surface area contributed by atoms with Crippen molar-refractivity contribution < 1.29 is 14.1 Å². The second-order valence-corrected chi connectivity index (χ2v) is 5.50. The van der Waals surface area contributed by atoms with Gasteiger partial charge in [0, 0.05) is 18.5 Å². The number of nitrogens with zero attached hydrogens (tertiary/aromatic N) is 3. The fraction of sp³-hybridized carbons (Fsp3) is 0.231. The van der Waals surface area contributed by atoms with Gasteiger partial charge in [0.2, 0.25) is 0 Å². The van der Waals surface area contributed by atoms with Crippen LogP contribution in [-0.4, -0.2) is 27.8 Å². The summed E-state index contributed by atoms with van der Waals surface area (Å²) in [5, 5.41) is 13.6. The van der Waals surface area contributed by atoms with Crippen LogP contribution in [0.1, 0.15) is 21.1 Å². The summed E-state index contributed by atoms with van der Waals surface area (Å²) in [7, 11) is 1.49. The zero-order chi connectivity index (χ0) is 15.6. The van der Waals surface area contributed by atoms with E-state index in [1.807, 2.05) is 6.92 Å². The second-order valence-electron chi connectivity index (χ2n) is 4.44. The summed E-state index contributed by atoms with van der Waals surface area (Å²) in [5.74, 6) is -1.31. The van der Waals surface area contributed by atoms with E-state index in [9.17, 15) is 19.3 Å². The molecule has 2 aromatic rings. The van der Waals surface area contributed by atoms with E-state index in [1.54, 1.807) is 5.38 Å². The first-order valence-corrected chi connectivity index (χ1v) is 6.87. The quantitative estimate of drug-likeness (QED) is 0.643. The van der Waals surface area contributed by atoms with Crippen molar-refractivity contribution in [3.8, 4) is 0 Å². The molecule has 2 rings (SSSR count). The van der Waals surface area contributed by atoms with Gasteiger partial charge >= 0.3 is 0 Å². The predicted molar refractivity (Wildman–Crippen MR) is 75.7 cm³/mol. The van der Waals surface area contributed by atoms with Crippen LogP contribution in [0.15, 0.2) is 23.6 Å². The van der Waals surface area contributed by atoms with Crippen LogP contribution < -0.4 is 0 Å². The zero-order valence-corrected chi connectivity index (χ0v) is 12.2. The first kappa shape index (κ1) is 15.0. The molecule has 1 aromatic heterocycles. The molecule has 0 unspecified atom stereocenters. The lowest BCUT2D eigenvalue weighted by atomic mass is 10.1. The minimum absolute atomic E-state index is 0.205. The van der Waals surface area contributed by atoms with Crippen LogP contribution in [0.25, 0.3) is 0 Å². The molecule has 0 fully saturated rings. The van der Waals surface area contributed by atoms with Gasteiger partial charge in [-0.25, -0.2) is 9.37 Å². The number of nitro benzene ring substituents is 1. The van der Waals surface area contributed by atoms with E-state index in [-0.39, 0.29) is 12.1 Å². The molecule has 0 spiro atoms. The van der Waals surface area contributed by atoms with Gasteiger partial charge in [-0.15, -0.1) is 11.3 Å². The van der Waals surface area contributed by atoms with Crippen LogP contribution in [0.5, 0.6) is 0 Å². The van der Waals surface area contributed by atoms with E-state index in [4.69, 9.17) is 0 Å². The Morgan fingerprint density at radius 1 is 1.52 bits per heavy atom. The summed E-state index contributed by atoms with van der Waals surface area (Å²) in [4.78, 5) is 28.0. The fourth-order valence-electron chi connectivity index (χ4n) is 1.84. The van der Waals surface area contributed by atoms with Crippen LogP contribution in [-0.2, 0) is 6.54 Å². The van der Waals surface area contributed by atoms with Gasteiger partial charge in [0.1, 0.15) is 11.4 Å². The molecule has 0 saturated carbocycles. The molecule has 1 heterocycles. The lowest BCUT2D eigenvalue weighted by molar-refractivity contribution is -0.385. The normalized spacial score (nSPS) is 10.4. The standard InChI is InChI=1S/C13H12FN3O3S/c1-8-15-10(7-21-8)6-16(2)13(18)11-5-9(14)3-4-12(11)17(19)20/h3-5,7H,6H2,1-2H3. The lowest BCUT2D eigenvalue weighted by Gasteiger charge is -2.15. The highest BCUT2D eigenvalue weighted by Gasteiger charge is 2.24. The highest BCUT2D eigenvalue weighted by Crippen LogP contribution is 2.21. The van der Waals surface area contributed by atoms with Gasteiger partial charge in [0.15, 0.2) is 0 Å². The van der Waals surface area contributed by atoms with E-state index in [2.05, 4.69) is 4.98 Å². The van der Waals surface area contributed by atoms with Crippen LogP contribution in [0.4, 0.5) is 10.1 Å². The van der Waals surface area contributed by atoms with Crippen molar-refractivity contribution in [1.29, 1.82) is 0 Å². The molecule has 21 heavy (non-hydrogen) atoms. The Morgan fingerprint density at radius 2 is 2.24 bits per heavy atom. The Labute approximate surface area is 124 Å². The van der Waals surface area contributed by atoms with Gasteiger partial charge in [-0.05, 0) is 19.1 Å². The SMILES string of the molecule is Cc1nc(CN(C)C(=O)c2cc(F)ccc2[N+](=O)[O-])cs1. The molecule has 1 amide bonds. The molecule has 0 aliphatic heterocycles. The number of thiazole rings is 1. The number of aryl methyl sites for hydroxylation is 1. The minimum atomic E-state index is -0.701. The van der Waals surface area contributed by atoms with E-state index in [1.165, 1.54) is 23.3 Å². The van der Waals surface area contributed by atoms with E-state index in [0.717, 1.165) is 23.2 Å². The maximum Gasteiger partial charge on any atom is 0.282 e. The summed E-state index contributed by atoms with van der Waals surface area (Å²) < 4.78 is 13.3. The smallest absolute Gasteiger partial charge is 0.282 e. The highest BCUT2D eigenvalue weighted by molar-refractivity contribution is 7.09. The van der Waals surface area contributed by atoms with E-state index >= 15 is 0 Å². The summed E-state index contributed by atoms with van der Waals surface area (Å²) in [5.41, 5.74) is 0.00423. The number of amides is 1. The molecule has 0 bridgehead atoms. The van der Waals surface area contributed by atoms with E-state index < -0.39 is 22.3 Å². The number of hydrogen-bond acceptors (Lipinski definition) is 5. The van der Waals surface area contributed by atoms with Crippen LogP contribution in [0, 0.1) is 22.9 Å². The van der Waals surface area contributed by atoms with Crippen LogP contribution >= 0.6 is 11.3 Å². The van der Waals surface area contributed by atoms with Gasteiger partial charge in [0.05, 0.1) is 22.2 Å². The Hall–Kier alpha value is -2.35. The maximum atomic E-state index is 13.3. The Bertz CT molecular complexity index is 702. The van der Waals surface area contributed by atoms with Gasteiger partial charge in [-0.2, -0.15) is 0 Å². The lowest BCUT2D eigenvalue weighted by Crippen LogP contribution is -2.27. The molecule has 0 aliphatic rings. The topological polar surface area (TPSA) is 76.3 Å². The number of carbonyl (C=O) groups is 1. The number of rotatable bonds is 4. The summed E-state index contributed by atoms with van der Waals surface area (Å²) in [6.07, 6.45) is 0. The third kappa shape index (κ3) is 3.40. The number of nitro groups is 1. The van der Waals surface area contributed by atoms with E-state index in [0.29, 0.717) is 5.69 Å². The largest absolute Gasteiger partial charge is 0.336 e. The van der Waals surface area contributed by atoms with Crippen molar-refractivity contribution in [2.24, 2.45) is 0 Å². The molecule has 0 radical (unpaired) electrons. The second kappa shape index (κ2) is 5.96. The monoisotopic (exact) mass is 309 g/mol. The number of aromatic nitrogens is 1. The van der Waals surface area contributed by atoms with Crippen molar-refractivity contribution in [2.75, 3.05) is 7.05 Å². The molecule has 0 N–H and O–H groups in total. The third-order valence-electron chi connectivity index (χ3n) is 2.80. The molecular weight excluding hydrogens is 297 g/mol. The highest BCUT2D eigenvalue weighted by atomic mass is 32.1. The Morgan fingerprint density at radius 3 is 2.81 bits per heavy atom. The average Bonchev–Trinajstić information content (AvgIpc) is 2.82. The van der Waals surface area contributed by atoms with Gasteiger partial charge in [0.25, 0.3) is 11.6 Å². The first-order chi connectivity index (χ1) is 9.88. The van der Waals surface area contributed by atoms with Crippen molar-refractivity contribution in [1.82, 2.24) is 9.88 Å². The predicted octanol–water partition coefficient (Wildman–Crippen LogP) is 2.77. The minimum Gasteiger partial charge on any atom is -0.336 e. The molecule has 110 valence electrons. The zero-order valence-electron chi connectivity index (χ0n) is 11.4. The molecule has 6 nitrogen and oxygen atoms in total. The van der Waals surface area contributed by atoms with Crippen molar-refractivity contribution in [3.05, 3.63) is 55.8 Å². The molecule has 0 aliphatic carbocycles. The summed E-state index contributed by atoms with van der Waals surface area (Å²) in [6, 6.07) is 2.82. The van der Waals surface area contributed by atoms with Crippen molar-refractivity contribution in [3.63, 3.8) is 0 Å². The molecule has 0 atom stereocenters. The fourth-order valence-corrected chi connectivity index (χ4v) is 2.44. The molecule has 8 heteroatoms. The number of benzene rings is 1. The van der Waals surface area contributed by atoms with Crippen molar-refractivity contribution in [2.45, 2.75) is 13.5 Å². The van der Waals surface area contributed by atoms with Gasteiger partial charge in [-0.1, -0.05) is 0 Å². The number of hydrogen-bond donors (Lipinski definition) is 0. The van der Waals surface area contributed by atoms with Gasteiger partial charge in [-0.3, -0.25) is 14.9 Å². The third-order valence-corrected chi connectivity index (χ3v) is 3.62. The summed E-state index contributed by atoms with van der Waals surface area (Å²) in [6.45, 7) is 2.05. The summed E-state index contributed by atoms with van der Waals surface area (Å²) >= 11 is 1.45. The average molecular weight is 309 g/mol. The van der Waals surface area contributed by atoms with Gasteiger partial charge < -0.3 is 4.90 Å². The number of halogens is 1. The molecule has 1 aromatic carbocycles. The van der Waals surface area contributed by atoms with Crippen LogP contribution in [0.3, 0.4) is 0 Å². The Balaban J connectivity index is 2.26. The Kier molecular flexibility index (Phi) is 4.27. The molecule has 0 saturated heterocycles.